The summed E-state index contributed by atoms with van der Waals surface area (Å²) in [5.74, 6) is -0.636. The topological polar surface area (TPSA) is 63.6 Å². The number of hydrogen-bond donors (Lipinski definition) is 1. The summed E-state index contributed by atoms with van der Waals surface area (Å²) < 4.78 is 4.06. The molecular formula is C23H42O4. The molecule has 0 aromatic carbocycles. The Balaban J connectivity index is 3.15. The molecular weight excluding hydrogens is 340 g/mol. The lowest BCUT2D eigenvalue weighted by molar-refractivity contribution is -0.139. The van der Waals surface area contributed by atoms with Crippen molar-refractivity contribution < 1.29 is 19.4 Å². The summed E-state index contributed by atoms with van der Waals surface area (Å²) in [4.78, 5) is 21.2. The molecule has 0 aromatic heterocycles. The van der Waals surface area contributed by atoms with Crippen LogP contribution in [-0.4, -0.2) is 17.2 Å². The van der Waals surface area contributed by atoms with Gasteiger partial charge in [-0.1, -0.05) is 96.1 Å². The first-order valence-corrected chi connectivity index (χ1v) is 11.3. The monoisotopic (exact) mass is 382 g/mol. The van der Waals surface area contributed by atoms with Crippen LogP contribution in [0.5, 0.6) is 0 Å². The van der Waals surface area contributed by atoms with Crippen molar-refractivity contribution in [1.82, 2.24) is 0 Å². The van der Waals surface area contributed by atoms with E-state index in [1.54, 1.807) is 0 Å². The van der Waals surface area contributed by atoms with E-state index in [9.17, 15) is 9.59 Å². The van der Waals surface area contributed by atoms with Crippen LogP contribution in [0.25, 0.3) is 0 Å². The van der Waals surface area contributed by atoms with Gasteiger partial charge in [-0.25, -0.2) is 4.79 Å². The van der Waals surface area contributed by atoms with Gasteiger partial charge in [0.2, 0.25) is 0 Å². The Bertz CT molecular complexity index is 377. The highest BCUT2D eigenvalue weighted by Gasteiger charge is 2.07. The number of carboxylic acid groups (broad SMARTS) is 1. The maximum Gasteiger partial charge on any atom is 0.513 e. The van der Waals surface area contributed by atoms with E-state index in [2.05, 4.69) is 23.8 Å². The molecule has 27 heavy (non-hydrogen) atoms. The lowest BCUT2D eigenvalue weighted by Gasteiger charge is -2.02. The van der Waals surface area contributed by atoms with Crippen LogP contribution in [0, 0.1) is 0 Å². The SMILES string of the molecule is CCCCCCCCC=CCCCCCCCCCCCC(=O)OC(=O)O. The van der Waals surface area contributed by atoms with Crippen molar-refractivity contribution in [3.8, 4) is 0 Å². The summed E-state index contributed by atoms with van der Waals surface area (Å²) in [5.41, 5.74) is 0. The van der Waals surface area contributed by atoms with Gasteiger partial charge in [0.25, 0.3) is 0 Å². The first-order chi connectivity index (χ1) is 13.2. The lowest BCUT2D eigenvalue weighted by atomic mass is 10.1. The summed E-state index contributed by atoms with van der Waals surface area (Å²) in [6.07, 6.45) is 24.7. The van der Waals surface area contributed by atoms with E-state index in [4.69, 9.17) is 5.11 Å². The summed E-state index contributed by atoms with van der Waals surface area (Å²) in [6.45, 7) is 2.26. The minimum atomic E-state index is -1.51. The molecule has 0 radical (unpaired) electrons. The number of ether oxygens (including phenoxy) is 1. The smallest absolute Gasteiger partial charge is 0.449 e. The van der Waals surface area contributed by atoms with E-state index < -0.39 is 12.1 Å². The Morgan fingerprint density at radius 1 is 0.667 bits per heavy atom. The average Bonchev–Trinajstić information content (AvgIpc) is 2.63. The second kappa shape index (κ2) is 21.0. The van der Waals surface area contributed by atoms with Crippen molar-refractivity contribution in [2.45, 2.75) is 122 Å². The molecule has 0 aliphatic heterocycles. The van der Waals surface area contributed by atoms with Gasteiger partial charge in [-0.05, 0) is 32.1 Å². The third-order valence-electron chi connectivity index (χ3n) is 4.84. The number of allylic oxidation sites excluding steroid dienone is 2. The van der Waals surface area contributed by atoms with Crippen molar-refractivity contribution in [2.75, 3.05) is 0 Å². The van der Waals surface area contributed by atoms with E-state index in [-0.39, 0.29) is 6.42 Å². The van der Waals surface area contributed by atoms with Crippen LogP contribution in [0.2, 0.25) is 0 Å². The highest BCUT2D eigenvalue weighted by molar-refractivity contribution is 5.80. The van der Waals surface area contributed by atoms with E-state index in [1.807, 2.05) is 0 Å². The second-order valence-corrected chi connectivity index (χ2v) is 7.49. The van der Waals surface area contributed by atoms with Crippen LogP contribution in [0.4, 0.5) is 4.79 Å². The molecule has 0 saturated carbocycles. The summed E-state index contributed by atoms with van der Waals surface area (Å²) in [5, 5.41) is 8.30. The Labute approximate surface area is 166 Å². The number of carbonyl (C=O) groups is 2. The van der Waals surface area contributed by atoms with Crippen LogP contribution in [0.15, 0.2) is 12.2 Å². The van der Waals surface area contributed by atoms with Gasteiger partial charge in [0.15, 0.2) is 0 Å². The van der Waals surface area contributed by atoms with Gasteiger partial charge in [0.1, 0.15) is 0 Å². The fourth-order valence-electron chi connectivity index (χ4n) is 3.20. The zero-order valence-corrected chi connectivity index (χ0v) is 17.6. The molecule has 0 rings (SSSR count). The molecule has 0 saturated heterocycles. The summed E-state index contributed by atoms with van der Waals surface area (Å²) >= 11 is 0. The van der Waals surface area contributed by atoms with Crippen LogP contribution >= 0.6 is 0 Å². The van der Waals surface area contributed by atoms with Gasteiger partial charge in [0, 0.05) is 6.42 Å². The first-order valence-electron chi connectivity index (χ1n) is 11.3. The van der Waals surface area contributed by atoms with Crippen molar-refractivity contribution in [3.63, 3.8) is 0 Å². The van der Waals surface area contributed by atoms with Crippen LogP contribution in [-0.2, 0) is 9.53 Å². The predicted octanol–water partition coefficient (Wildman–Crippen LogP) is 7.81. The van der Waals surface area contributed by atoms with Crippen molar-refractivity contribution in [3.05, 3.63) is 12.2 Å². The molecule has 0 aromatic rings. The Kier molecular flexibility index (Phi) is 20.0. The zero-order valence-electron chi connectivity index (χ0n) is 17.6. The zero-order chi connectivity index (χ0) is 20.0. The molecule has 0 spiro atoms. The minimum absolute atomic E-state index is 0.207. The van der Waals surface area contributed by atoms with Gasteiger partial charge in [-0.15, -0.1) is 0 Å². The minimum Gasteiger partial charge on any atom is -0.449 e. The molecule has 1 N–H and O–H groups in total. The van der Waals surface area contributed by atoms with E-state index in [0.29, 0.717) is 0 Å². The van der Waals surface area contributed by atoms with Crippen molar-refractivity contribution in [2.24, 2.45) is 0 Å². The number of carbonyl (C=O) groups excluding carboxylic acids is 1. The molecule has 4 heteroatoms. The quantitative estimate of drug-likeness (QED) is 0.107. The van der Waals surface area contributed by atoms with E-state index in [1.165, 1.54) is 89.9 Å². The lowest BCUT2D eigenvalue weighted by Crippen LogP contribution is -2.09. The molecule has 0 amide bonds. The summed E-state index contributed by atoms with van der Waals surface area (Å²) in [7, 11) is 0. The van der Waals surface area contributed by atoms with Crippen molar-refractivity contribution in [1.29, 1.82) is 0 Å². The van der Waals surface area contributed by atoms with Gasteiger partial charge < -0.3 is 9.84 Å². The first kappa shape index (κ1) is 25.7. The predicted molar refractivity (Wildman–Crippen MR) is 112 cm³/mol. The van der Waals surface area contributed by atoms with Gasteiger partial charge in [-0.2, -0.15) is 0 Å². The highest BCUT2D eigenvalue weighted by atomic mass is 16.7. The third kappa shape index (κ3) is 22.6. The number of esters is 1. The fourth-order valence-corrected chi connectivity index (χ4v) is 3.20. The fraction of sp³-hybridized carbons (Fsp3) is 0.826. The number of unbranched alkanes of at least 4 members (excludes halogenated alkanes) is 15. The van der Waals surface area contributed by atoms with Crippen molar-refractivity contribution >= 4 is 12.1 Å². The molecule has 0 unspecified atom stereocenters. The van der Waals surface area contributed by atoms with Gasteiger partial charge in [0.05, 0.1) is 0 Å². The van der Waals surface area contributed by atoms with Gasteiger partial charge >= 0.3 is 12.1 Å². The Hall–Kier alpha value is -1.32. The van der Waals surface area contributed by atoms with Crippen LogP contribution in [0.3, 0.4) is 0 Å². The molecule has 0 aliphatic carbocycles. The summed E-state index contributed by atoms with van der Waals surface area (Å²) in [6, 6.07) is 0. The molecule has 4 nitrogen and oxygen atoms in total. The highest BCUT2D eigenvalue weighted by Crippen LogP contribution is 2.12. The molecule has 0 atom stereocenters. The number of rotatable bonds is 19. The molecule has 0 heterocycles. The molecule has 0 aliphatic rings. The maximum absolute atomic E-state index is 11.0. The Morgan fingerprint density at radius 3 is 1.52 bits per heavy atom. The largest absolute Gasteiger partial charge is 0.513 e. The van der Waals surface area contributed by atoms with E-state index >= 15 is 0 Å². The van der Waals surface area contributed by atoms with Crippen LogP contribution < -0.4 is 0 Å². The molecule has 0 fully saturated rings. The third-order valence-corrected chi connectivity index (χ3v) is 4.84. The molecule has 158 valence electrons. The number of hydrogen-bond acceptors (Lipinski definition) is 3. The maximum atomic E-state index is 11.0. The Morgan fingerprint density at radius 2 is 1.07 bits per heavy atom. The van der Waals surface area contributed by atoms with E-state index in [0.717, 1.165) is 19.3 Å². The normalized spacial score (nSPS) is 11.1. The average molecular weight is 383 g/mol. The standard InChI is InChI=1S/C23H42O4/c1-2-3-4-5-6-7-8-9-10-11-12-13-14-15-16-17-18-19-20-21-22(24)27-23(25)26/h9-10H,2-8,11-21H2,1H3,(H,25,26). The molecule has 0 bridgehead atoms. The van der Waals surface area contributed by atoms with Crippen LogP contribution in [0.1, 0.15) is 122 Å². The van der Waals surface area contributed by atoms with Gasteiger partial charge in [-0.3, -0.25) is 4.79 Å². The second-order valence-electron chi connectivity index (χ2n) is 7.49.